The third-order valence-electron chi connectivity index (χ3n) is 7.29. The minimum Gasteiger partial charge on any atom is -0.369 e. The molecule has 2 aromatic heterocycles. The van der Waals surface area contributed by atoms with E-state index in [1.165, 1.54) is 19.3 Å². The second-order valence-corrected chi connectivity index (χ2v) is 9.23. The Morgan fingerprint density at radius 1 is 1.23 bits per heavy atom. The molecular weight excluding hydrogens is 382 g/mol. The molecule has 0 radical (unpaired) electrons. The van der Waals surface area contributed by atoms with Crippen LogP contribution >= 0.6 is 0 Å². The van der Waals surface area contributed by atoms with Crippen LogP contribution in [0, 0.1) is 5.41 Å². The van der Waals surface area contributed by atoms with Crippen LogP contribution < -0.4 is 5.73 Å². The quantitative estimate of drug-likeness (QED) is 0.784. The van der Waals surface area contributed by atoms with Gasteiger partial charge >= 0.3 is 0 Å². The van der Waals surface area contributed by atoms with Crippen molar-refractivity contribution in [2.75, 3.05) is 13.1 Å². The number of hydrogen-bond donors (Lipinski definition) is 2. The van der Waals surface area contributed by atoms with E-state index in [1.54, 1.807) is 4.90 Å². The molecular formula is C22H29N5O3. The molecule has 2 aromatic rings. The van der Waals surface area contributed by atoms with E-state index < -0.39 is 5.41 Å². The fraction of sp³-hybridized carbons (Fsp3) is 0.636. The molecule has 0 spiro atoms. The van der Waals surface area contributed by atoms with Crippen molar-refractivity contribution in [2.45, 2.75) is 70.1 Å². The average molecular weight is 412 g/mol. The normalized spacial score (nSPS) is 24.3. The molecule has 160 valence electrons. The Labute approximate surface area is 175 Å². The van der Waals surface area contributed by atoms with Gasteiger partial charge in [-0.15, -0.1) is 0 Å². The van der Waals surface area contributed by atoms with Gasteiger partial charge < -0.3 is 15.2 Å². The molecule has 2 amide bonds. The van der Waals surface area contributed by atoms with E-state index >= 15 is 0 Å². The smallest absolute Gasteiger partial charge is 0.274 e. The number of nitrogens with one attached hydrogen (secondary N) is 1. The number of carbonyl (C=O) groups excluding carboxylic acids is 2. The van der Waals surface area contributed by atoms with E-state index in [1.807, 2.05) is 6.07 Å². The number of H-pyrrole nitrogens is 1. The highest BCUT2D eigenvalue weighted by Crippen LogP contribution is 2.37. The van der Waals surface area contributed by atoms with E-state index in [-0.39, 0.29) is 11.8 Å². The first-order chi connectivity index (χ1) is 14.6. The summed E-state index contributed by atoms with van der Waals surface area (Å²) in [5.74, 6) is 0.632. The first kappa shape index (κ1) is 19.3. The summed E-state index contributed by atoms with van der Waals surface area (Å²) in [6.07, 6.45) is 9.80. The zero-order valence-corrected chi connectivity index (χ0v) is 17.3. The summed E-state index contributed by atoms with van der Waals surface area (Å²) in [5.41, 5.74) is 8.61. The summed E-state index contributed by atoms with van der Waals surface area (Å²) < 4.78 is 5.60. The van der Waals surface area contributed by atoms with E-state index in [9.17, 15) is 9.59 Å². The SMILES string of the molecule is NC(=O)C1(Cc2cc(C3CCCCC3)no2)CCN(C(=O)c2n[nH]c3c2CCC3)C1. The summed E-state index contributed by atoms with van der Waals surface area (Å²) in [6, 6.07) is 1.99. The van der Waals surface area contributed by atoms with Crippen molar-refractivity contribution >= 4 is 11.8 Å². The lowest BCUT2D eigenvalue weighted by molar-refractivity contribution is -0.127. The highest BCUT2D eigenvalue weighted by atomic mass is 16.5. The summed E-state index contributed by atoms with van der Waals surface area (Å²) in [6.45, 7) is 0.787. The van der Waals surface area contributed by atoms with Crippen LogP contribution in [0.4, 0.5) is 0 Å². The van der Waals surface area contributed by atoms with Crippen LogP contribution in [0.25, 0.3) is 0 Å². The highest BCUT2D eigenvalue weighted by molar-refractivity contribution is 5.95. The maximum Gasteiger partial charge on any atom is 0.274 e. The van der Waals surface area contributed by atoms with Crippen molar-refractivity contribution in [3.05, 3.63) is 34.5 Å². The molecule has 1 atom stereocenters. The van der Waals surface area contributed by atoms with Gasteiger partial charge in [-0.05, 0) is 38.5 Å². The molecule has 3 aliphatic rings. The van der Waals surface area contributed by atoms with Gasteiger partial charge in [0.05, 0.1) is 11.1 Å². The first-order valence-corrected chi connectivity index (χ1v) is 11.2. The second-order valence-electron chi connectivity index (χ2n) is 9.23. The number of amides is 2. The van der Waals surface area contributed by atoms with Gasteiger partial charge in [-0.3, -0.25) is 14.7 Å². The maximum atomic E-state index is 13.1. The number of carbonyl (C=O) groups is 2. The van der Waals surface area contributed by atoms with Crippen LogP contribution in [0.5, 0.6) is 0 Å². The molecule has 0 bridgehead atoms. The Hall–Kier alpha value is -2.64. The molecule has 3 heterocycles. The first-order valence-electron chi connectivity index (χ1n) is 11.2. The molecule has 1 saturated carbocycles. The molecule has 5 rings (SSSR count). The van der Waals surface area contributed by atoms with Crippen LogP contribution in [-0.2, 0) is 24.1 Å². The Bertz CT molecular complexity index is 958. The number of nitrogens with zero attached hydrogens (tertiary/aromatic N) is 3. The number of primary amides is 1. The number of likely N-dealkylation sites (tertiary alicyclic amines) is 1. The number of aromatic nitrogens is 3. The van der Waals surface area contributed by atoms with Crippen LogP contribution in [0.2, 0.25) is 0 Å². The predicted octanol–water partition coefficient (Wildman–Crippen LogP) is 2.49. The molecule has 8 heteroatoms. The lowest BCUT2D eigenvalue weighted by Crippen LogP contribution is -2.42. The van der Waals surface area contributed by atoms with E-state index in [0.29, 0.717) is 43.3 Å². The van der Waals surface area contributed by atoms with Gasteiger partial charge in [-0.1, -0.05) is 24.4 Å². The minimum atomic E-state index is -0.821. The maximum absolute atomic E-state index is 13.1. The number of nitrogens with two attached hydrogens (primary N) is 1. The zero-order chi connectivity index (χ0) is 20.7. The molecule has 1 saturated heterocycles. The van der Waals surface area contributed by atoms with Crippen molar-refractivity contribution in [1.29, 1.82) is 0 Å². The fourth-order valence-corrected chi connectivity index (χ4v) is 5.46. The van der Waals surface area contributed by atoms with Gasteiger partial charge in [0.2, 0.25) is 5.91 Å². The fourth-order valence-electron chi connectivity index (χ4n) is 5.46. The van der Waals surface area contributed by atoms with Crippen molar-refractivity contribution in [3.63, 3.8) is 0 Å². The van der Waals surface area contributed by atoms with Crippen molar-refractivity contribution in [2.24, 2.45) is 11.1 Å². The third-order valence-corrected chi connectivity index (χ3v) is 7.29. The summed E-state index contributed by atoms with van der Waals surface area (Å²) in [7, 11) is 0. The lowest BCUT2D eigenvalue weighted by Gasteiger charge is -2.24. The van der Waals surface area contributed by atoms with Crippen molar-refractivity contribution in [3.8, 4) is 0 Å². The molecule has 2 fully saturated rings. The molecule has 1 unspecified atom stereocenters. The monoisotopic (exact) mass is 411 g/mol. The Balaban J connectivity index is 1.31. The molecule has 2 aliphatic carbocycles. The van der Waals surface area contributed by atoms with Crippen molar-refractivity contribution in [1.82, 2.24) is 20.3 Å². The van der Waals surface area contributed by atoms with Crippen LogP contribution in [0.15, 0.2) is 10.6 Å². The summed E-state index contributed by atoms with van der Waals surface area (Å²) in [4.78, 5) is 27.3. The van der Waals surface area contributed by atoms with Crippen molar-refractivity contribution < 1.29 is 14.1 Å². The van der Waals surface area contributed by atoms with Crippen LogP contribution in [0.3, 0.4) is 0 Å². The molecule has 30 heavy (non-hydrogen) atoms. The highest BCUT2D eigenvalue weighted by Gasteiger charge is 2.46. The number of rotatable bonds is 5. The molecule has 0 aromatic carbocycles. The van der Waals surface area contributed by atoms with E-state index in [2.05, 4.69) is 15.4 Å². The Morgan fingerprint density at radius 2 is 2.07 bits per heavy atom. The second kappa shape index (κ2) is 7.56. The number of hydrogen-bond acceptors (Lipinski definition) is 5. The standard InChI is InChI=1S/C22H29N5O3/c23-21(29)22(12-15-11-18(26-30-15)14-5-2-1-3-6-14)9-10-27(13-22)20(28)19-16-7-4-8-17(16)24-25-19/h11,14H,1-10,12-13H2,(H2,23,29)(H,24,25). The summed E-state index contributed by atoms with van der Waals surface area (Å²) in [5, 5.41) is 11.5. The van der Waals surface area contributed by atoms with Gasteiger partial charge in [0.15, 0.2) is 5.69 Å². The number of aryl methyl sites for hydroxylation is 1. The Morgan fingerprint density at radius 3 is 2.87 bits per heavy atom. The van der Waals surface area contributed by atoms with E-state index in [4.69, 9.17) is 10.3 Å². The van der Waals surface area contributed by atoms with E-state index in [0.717, 1.165) is 49.1 Å². The van der Waals surface area contributed by atoms with Gasteiger partial charge in [0, 0.05) is 42.8 Å². The number of aromatic amines is 1. The topological polar surface area (TPSA) is 118 Å². The molecule has 8 nitrogen and oxygen atoms in total. The predicted molar refractivity (Wildman–Crippen MR) is 109 cm³/mol. The van der Waals surface area contributed by atoms with Crippen LogP contribution in [-0.4, -0.2) is 45.2 Å². The van der Waals surface area contributed by atoms with Crippen LogP contribution in [0.1, 0.15) is 84.1 Å². The third kappa shape index (κ3) is 3.32. The number of fused-ring (bicyclic) bond motifs is 1. The van der Waals surface area contributed by atoms with Gasteiger partial charge in [0.1, 0.15) is 5.76 Å². The van der Waals surface area contributed by atoms with Gasteiger partial charge in [0.25, 0.3) is 5.91 Å². The Kier molecular flexibility index (Phi) is 4.87. The largest absolute Gasteiger partial charge is 0.369 e. The van der Waals surface area contributed by atoms with Gasteiger partial charge in [-0.25, -0.2) is 0 Å². The molecule has 3 N–H and O–H groups in total. The zero-order valence-electron chi connectivity index (χ0n) is 17.3. The summed E-state index contributed by atoms with van der Waals surface area (Å²) >= 11 is 0. The minimum absolute atomic E-state index is 0.113. The molecule has 1 aliphatic heterocycles. The lowest BCUT2D eigenvalue weighted by atomic mass is 9.81. The van der Waals surface area contributed by atoms with Gasteiger partial charge in [-0.2, -0.15) is 5.10 Å². The average Bonchev–Trinajstić information content (AvgIpc) is 3.53.